The quantitative estimate of drug-likeness (QED) is 0.0217. The number of anilines is 5. The lowest BCUT2D eigenvalue weighted by Gasteiger charge is -2.25. The van der Waals surface area contributed by atoms with Gasteiger partial charge in [-0.1, -0.05) is 245 Å². The molecule has 10 N–H and O–H groups in total. The molecule has 14 heterocycles. The number of primary amides is 1. The number of imidazole rings is 4. The van der Waals surface area contributed by atoms with Gasteiger partial charge in [-0.3, -0.25) is 27.9 Å². The summed E-state index contributed by atoms with van der Waals surface area (Å²) in [5.41, 5.74) is 34.6. The molecule has 3 saturated heterocycles. The number of carbonyl (C=O) groups excluding carboxylic acids is 1. The molecule has 34 nitrogen and oxygen atoms in total. The van der Waals surface area contributed by atoms with Crippen LogP contribution in [0.5, 0.6) is 11.5 Å². The number of carbonyl (C=O) groups is 1. The van der Waals surface area contributed by atoms with Gasteiger partial charge in [0.1, 0.15) is 135 Å². The average molecular weight is 2140 g/mol. The van der Waals surface area contributed by atoms with Crippen molar-refractivity contribution < 1.29 is 47.4 Å². The van der Waals surface area contributed by atoms with Gasteiger partial charge in [0.15, 0.2) is 45.7 Å². The Morgan fingerprint density at radius 1 is 0.417 bits per heavy atom. The van der Waals surface area contributed by atoms with Gasteiger partial charge in [-0.05, 0) is 141 Å². The van der Waals surface area contributed by atoms with Crippen LogP contribution in [0, 0.1) is 5.92 Å². The fourth-order valence-corrected chi connectivity index (χ4v) is 17.7. The summed E-state index contributed by atoms with van der Waals surface area (Å²) in [5, 5.41) is 15.5. The number of pyridine rings is 5. The monoisotopic (exact) mass is 2130 g/mol. The number of ether oxygens (including phenoxy) is 9. The Hall–Kier alpha value is -12.2. The summed E-state index contributed by atoms with van der Waals surface area (Å²) >= 11 is 54.5. The lowest BCUT2D eigenvalue weighted by molar-refractivity contribution is -0.119. The summed E-state index contributed by atoms with van der Waals surface area (Å²) in [6.07, 6.45) is 14.0. The molecule has 3 aliphatic heterocycles. The highest BCUT2D eigenvalue weighted by molar-refractivity contribution is 6.39. The number of methoxy groups -OCH3 is 2. The van der Waals surface area contributed by atoms with E-state index in [-0.39, 0.29) is 54.6 Å². The third-order valence-corrected chi connectivity index (χ3v) is 24.7. The normalized spacial score (nSPS) is 14.8. The van der Waals surface area contributed by atoms with Crippen LogP contribution in [0.4, 0.5) is 28.6 Å². The number of hydrogen-bond acceptors (Lipinski definition) is 27. The number of aromatic amines is 1. The van der Waals surface area contributed by atoms with Crippen molar-refractivity contribution in [3.63, 3.8) is 0 Å². The van der Waals surface area contributed by atoms with E-state index in [1.54, 1.807) is 66.6 Å². The molecular formula is C101H107Cl9N24O10. The van der Waals surface area contributed by atoms with Gasteiger partial charge < -0.3 is 75.9 Å². The standard InChI is InChI=1S/C29H30ClN7O3.2C19H19Cl2N3O2.C14H11Cl2N3O.C10H12N4O.C5H5Cl2N3.C4H7NO.CH4/c1-36-18-31-28(35-36)20-11-8-12-21(27(20)38-2)32-22-15-23(30)33-29-26(22)34-24(37(29)25-13-6-7-14-40-25)17-39-16-19-9-4-3-5-10-19;2*20-14-10-15(21)22-19-18(14)23-16(24(19)17-8-4-5-9-26-17)12-25-11-13-6-2-1-3-7-13;15-10-6-11(16)17-14-13(10)18-12(19-14)8-20-7-9-4-2-1-3-5-9;1-14-6-12-10(13-14)7-4-3-5-8(11)9(7)15-2;6-2-1-3(7)10-5(9)4(2)8;5-4(6)3-1-2-3;/h3-5,8-12,15,18,25H,6-7,13-14,16-17H2,1-2H3,(H,32,33);2*1-3,6-7,10,17H,4-5,8-9,11-12H2;1-6H,7-8H2,(H,17,18,19);3-6H,11H2,1-2H3;1H,8H2,(H2,9,10);3H,1-2H2,(H2,5,6);1H4. The van der Waals surface area contributed by atoms with Crippen molar-refractivity contribution in [1.29, 1.82) is 0 Å². The SMILES string of the molecule is C.COc1c(N)cccc1-c1ncn(C)n1.COc1c(Nc2cc(Cl)nc3c2nc(COCc2ccccc2)n3C2CCCCO2)cccc1-c1ncn(C)n1.Clc1cc(Cl)c2[nH]c(COCc3ccccc3)nc2n1.Clc1cc(Cl)c2nc(COCc3ccccc3)n(C3CCCCO3)c2n1.Clc1cc(Cl)c2nc(COCc3ccccc3)n(C3CCCCO3)c2n1.NC(=O)C1CC1.Nc1nc(Cl)cc(Cl)c1N. The second-order valence-electron chi connectivity index (χ2n) is 33.1. The summed E-state index contributed by atoms with van der Waals surface area (Å²) in [6, 6.07) is 59.4. The number of benzene rings is 6. The number of rotatable bonds is 26. The van der Waals surface area contributed by atoms with Gasteiger partial charge in [-0.2, -0.15) is 10.2 Å². The number of aromatic nitrogens is 19. The van der Waals surface area contributed by atoms with Crippen LogP contribution in [0.2, 0.25) is 45.9 Å². The summed E-state index contributed by atoms with van der Waals surface area (Å²) < 4.78 is 61.9. The molecule has 144 heavy (non-hydrogen) atoms. The number of H-pyrrole nitrogens is 1. The van der Waals surface area contributed by atoms with Crippen molar-refractivity contribution >= 4 is 184 Å². The van der Waals surface area contributed by atoms with Crippen LogP contribution in [0.3, 0.4) is 0 Å². The zero-order valence-corrected chi connectivity index (χ0v) is 85.1. The molecule has 0 bridgehead atoms. The topological polar surface area (TPSA) is 424 Å². The van der Waals surface area contributed by atoms with Gasteiger partial charge >= 0.3 is 0 Å². The Bertz CT molecular complexity index is 6920. The lowest BCUT2D eigenvalue weighted by atomic mass is 10.1. The van der Waals surface area contributed by atoms with Crippen LogP contribution in [0.25, 0.3) is 67.4 Å². The number of hydrogen-bond donors (Lipinski definition) is 6. The minimum atomic E-state index is -0.194. The molecule has 3 unspecified atom stereocenters. The minimum absolute atomic E-state index is 0. The van der Waals surface area contributed by atoms with Crippen molar-refractivity contribution in [2.45, 2.75) is 150 Å². The molecule has 4 fully saturated rings. The van der Waals surface area contributed by atoms with Crippen LogP contribution in [0.15, 0.2) is 201 Å². The second-order valence-corrected chi connectivity index (χ2v) is 36.6. The third-order valence-electron chi connectivity index (χ3n) is 22.5. The van der Waals surface area contributed by atoms with Gasteiger partial charge in [0.25, 0.3) is 0 Å². The van der Waals surface area contributed by atoms with Gasteiger partial charge in [0.2, 0.25) is 5.91 Å². The molecule has 0 radical (unpaired) electrons. The van der Waals surface area contributed by atoms with Crippen LogP contribution in [0.1, 0.15) is 142 Å². The Labute approximate surface area is 875 Å². The van der Waals surface area contributed by atoms with E-state index in [2.05, 4.69) is 70.3 Å². The highest BCUT2D eigenvalue weighted by Gasteiger charge is 2.31. The molecule has 11 aromatic heterocycles. The number of nitrogens with zero attached hydrogens (tertiary/aromatic N) is 18. The molecule has 1 amide bonds. The van der Waals surface area contributed by atoms with E-state index in [1.807, 2.05) is 179 Å². The maximum absolute atomic E-state index is 9.98. The number of nitrogen functional groups attached to an aromatic ring is 3. The number of halogens is 9. The molecule has 1 aliphatic carbocycles. The number of aryl methyl sites for hydroxylation is 2. The zero-order valence-electron chi connectivity index (χ0n) is 78.3. The Morgan fingerprint density at radius 2 is 0.806 bits per heavy atom. The van der Waals surface area contributed by atoms with Crippen molar-refractivity contribution in [3.8, 4) is 34.3 Å². The fourth-order valence-electron chi connectivity index (χ4n) is 15.6. The van der Waals surface area contributed by atoms with E-state index in [9.17, 15) is 4.79 Å². The van der Waals surface area contributed by atoms with Gasteiger partial charge in [-0.15, -0.1) is 0 Å². The molecule has 43 heteroatoms. The van der Waals surface area contributed by atoms with E-state index < -0.39 is 0 Å². The van der Waals surface area contributed by atoms with Gasteiger partial charge in [-0.25, -0.2) is 54.8 Å². The van der Waals surface area contributed by atoms with Crippen molar-refractivity contribution in [2.75, 3.05) is 56.6 Å². The fraction of sp³-hybridized carbons (Fsp3) is 0.307. The second kappa shape index (κ2) is 52.6. The Morgan fingerprint density at radius 3 is 1.20 bits per heavy atom. The first-order valence-corrected chi connectivity index (χ1v) is 49.1. The van der Waals surface area contributed by atoms with E-state index >= 15 is 0 Å². The third kappa shape index (κ3) is 28.9. The summed E-state index contributed by atoms with van der Waals surface area (Å²) in [4.78, 5) is 61.6. The predicted molar refractivity (Wildman–Crippen MR) is 563 cm³/mol. The van der Waals surface area contributed by atoms with E-state index in [0.717, 1.165) is 140 Å². The van der Waals surface area contributed by atoms with Crippen LogP contribution in [-0.4, -0.2) is 133 Å². The maximum atomic E-state index is 9.98. The van der Waals surface area contributed by atoms with Crippen LogP contribution < -0.4 is 37.7 Å². The first-order chi connectivity index (χ1) is 69.4. The summed E-state index contributed by atoms with van der Waals surface area (Å²) in [7, 11) is 6.85. The molecular weight excluding hydrogens is 2030 g/mol. The van der Waals surface area contributed by atoms with E-state index in [1.165, 1.54) is 6.07 Å². The largest absolute Gasteiger partial charge is 0.494 e. The average Bonchev–Trinajstić information content (AvgIpc) is 1.61. The molecule has 4 aliphatic rings. The van der Waals surface area contributed by atoms with E-state index in [0.29, 0.717) is 185 Å². The predicted octanol–water partition coefficient (Wildman–Crippen LogP) is 23.5. The molecule has 754 valence electrons. The molecule has 0 spiro atoms. The number of amides is 1. The molecule has 17 aromatic rings. The summed E-state index contributed by atoms with van der Waals surface area (Å²) in [6.45, 7) is 5.51. The Balaban J connectivity index is 0.000000141. The highest BCUT2D eigenvalue weighted by atomic mass is 35.5. The molecule has 6 aromatic carbocycles. The van der Waals surface area contributed by atoms with Crippen molar-refractivity contribution in [1.82, 2.24) is 93.1 Å². The van der Waals surface area contributed by atoms with Gasteiger partial charge in [0, 0.05) is 45.9 Å². The molecule has 3 atom stereocenters. The summed E-state index contributed by atoms with van der Waals surface area (Å²) in [5.74, 6) is 5.58. The Kier molecular flexibility index (Phi) is 39.3. The number of nitrogens with one attached hydrogen (secondary N) is 2. The van der Waals surface area contributed by atoms with Crippen LogP contribution >= 0.6 is 104 Å². The van der Waals surface area contributed by atoms with Crippen molar-refractivity contribution in [3.05, 3.63) is 292 Å². The maximum Gasteiger partial charge on any atom is 0.220 e. The molecule has 21 rings (SSSR count). The zero-order chi connectivity index (χ0) is 100. The van der Waals surface area contributed by atoms with Crippen LogP contribution in [-0.2, 0) is 105 Å². The van der Waals surface area contributed by atoms with E-state index in [4.69, 9.17) is 175 Å². The molecule has 1 saturated carbocycles. The van der Waals surface area contributed by atoms with Crippen molar-refractivity contribution in [2.24, 2.45) is 25.7 Å². The lowest BCUT2D eigenvalue weighted by Crippen LogP contribution is -2.20. The first-order valence-electron chi connectivity index (χ1n) is 45.7. The number of nitrogens with two attached hydrogens (primary N) is 4. The van der Waals surface area contributed by atoms with Gasteiger partial charge in [0.05, 0.1) is 94.6 Å². The number of fused-ring (bicyclic) bond motifs is 4. The number of para-hydroxylation sites is 2. The smallest absolute Gasteiger partial charge is 0.220 e. The minimum Gasteiger partial charge on any atom is -0.494 e. The first kappa shape index (κ1) is 108. The highest BCUT2D eigenvalue weighted by Crippen LogP contribution is 2.42.